The van der Waals surface area contributed by atoms with Crippen molar-refractivity contribution < 1.29 is 4.79 Å². The number of hydrogen-bond donors (Lipinski definition) is 1. The van der Waals surface area contributed by atoms with Crippen molar-refractivity contribution in [2.75, 3.05) is 6.54 Å². The summed E-state index contributed by atoms with van der Waals surface area (Å²) in [6, 6.07) is 5.69. The first-order valence-corrected chi connectivity index (χ1v) is 6.67. The van der Waals surface area contributed by atoms with Crippen LogP contribution in [0.1, 0.15) is 19.5 Å². The largest absolute Gasteiger partial charge is 0.354 e. The highest BCUT2D eigenvalue weighted by atomic mass is 16.2. The summed E-state index contributed by atoms with van der Waals surface area (Å²) in [6.07, 6.45) is 3.11. The molecule has 112 valence electrons. The van der Waals surface area contributed by atoms with Crippen molar-refractivity contribution in [2.45, 2.75) is 25.8 Å². The second-order valence-electron chi connectivity index (χ2n) is 5.56. The molecule has 0 aromatic carbocycles. The maximum Gasteiger partial charge on any atom is 0.345 e. The Hall–Kier alpha value is -2.44. The fourth-order valence-electron chi connectivity index (χ4n) is 1.89. The van der Waals surface area contributed by atoms with Gasteiger partial charge >= 0.3 is 5.69 Å². The van der Waals surface area contributed by atoms with E-state index < -0.39 is 0 Å². The predicted octanol–water partition coefficient (Wildman–Crippen LogP) is 0.0708. The van der Waals surface area contributed by atoms with Crippen LogP contribution in [0.5, 0.6) is 0 Å². The van der Waals surface area contributed by atoms with Crippen molar-refractivity contribution in [3.05, 3.63) is 46.9 Å². The fraction of sp³-hybridized carbons (Fsp3) is 0.429. The maximum absolute atomic E-state index is 11.9. The normalized spacial score (nSPS) is 11.4. The van der Waals surface area contributed by atoms with E-state index in [2.05, 4.69) is 15.4 Å². The van der Waals surface area contributed by atoms with Crippen molar-refractivity contribution in [1.29, 1.82) is 0 Å². The Morgan fingerprint density at radius 1 is 1.38 bits per heavy atom. The molecule has 2 heterocycles. The number of carbonyl (C=O) groups is 1. The van der Waals surface area contributed by atoms with Gasteiger partial charge in [0.05, 0.1) is 0 Å². The summed E-state index contributed by atoms with van der Waals surface area (Å²) in [7, 11) is 1.59. The first-order chi connectivity index (χ1) is 9.90. The van der Waals surface area contributed by atoms with Gasteiger partial charge in [-0.25, -0.2) is 9.48 Å². The molecule has 1 N–H and O–H groups in total. The summed E-state index contributed by atoms with van der Waals surface area (Å²) in [5, 5.41) is 6.67. The third kappa shape index (κ3) is 3.56. The highest BCUT2D eigenvalue weighted by Gasteiger charge is 2.22. The van der Waals surface area contributed by atoms with E-state index in [-0.39, 0.29) is 23.6 Å². The van der Waals surface area contributed by atoms with Crippen molar-refractivity contribution >= 4 is 5.91 Å². The Morgan fingerprint density at radius 2 is 2.14 bits per heavy atom. The van der Waals surface area contributed by atoms with Crippen LogP contribution < -0.4 is 11.0 Å². The Labute approximate surface area is 122 Å². The lowest BCUT2D eigenvalue weighted by Crippen LogP contribution is -2.40. The predicted molar refractivity (Wildman–Crippen MR) is 77.7 cm³/mol. The van der Waals surface area contributed by atoms with Gasteiger partial charge in [0.25, 0.3) is 0 Å². The molecule has 0 bridgehead atoms. The highest BCUT2D eigenvalue weighted by Crippen LogP contribution is 2.19. The molecule has 0 spiro atoms. The Kier molecular flexibility index (Phi) is 4.21. The van der Waals surface area contributed by atoms with Gasteiger partial charge < -0.3 is 5.32 Å². The standard InChI is InChI=1S/C14H19N5O2/c1-14(2,11-6-4-5-7-15-11)9-16-12(20)8-19-13(21)18(3)10-17-19/h4-7,10H,8-9H2,1-3H3,(H,16,20). The number of amides is 1. The van der Waals surface area contributed by atoms with E-state index >= 15 is 0 Å². The maximum atomic E-state index is 11.9. The summed E-state index contributed by atoms with van der Waals surface area (Å²) < 4.78 is 2.45. The molecule has 7 heteroatoms. The molecular formula is C14H19N5O2. The van der Waals surface area contributed by atoms with Gasteiger partial charge in [-0.2, -0.15) is 5.10 Å². The van der Waals surface area contributed by atoms with E-state index in [9.17, 15) is 9.59 Å². The van der Waals surface area contributed by atoms with Gasteiger partial charge in [0.2, 0.25) is 5.91 Å². The van der Waals surface area contributed by atoms with Gasteiger partial charge in [-0.05, 0) is 12.1 Å². The van der Waals surface area contributed by atoms with Crippen LogP contribution >= 0.6 is 0 Å². The number of rotatable bonds is 5. The first-order valence-electron chi connectivity index (χ1n) is 6.67. The number of nitrogens with one attached hydrogen (secondary N) is 1. The van der Waals surface area contributed by atoms with Crippen molar-refractivity contribution in [3.63, 3.8) is 0 Å². The minimum atomic E-state index is -0.311. The average molecular weight is 289 g/mol. The van der Waals surface area contributed by atoms with Crippen molar-refractivity contribution in [1.82, 2.24) is 24.6 Å². The van der Waals surface area contributed by atoms with Crippen LogP contribution in [-0.4, -0.2) is 31.8 Å². The van der Waals surface area contributed by atoms with Crippen molar-refractivity contribution in [3.8, 4) is 0 Å². The molecule has 7 nitrogen and oxygen atoms in total. The third-order valence-corrected chi connectivity index (χ3v) is 3.27. The quantitative estimate of drug-likeness (QED) is 0.844. The number of aryl methyl sites for hydroxylation is 1. The van der Waals surface area contributed by atoms with Crippen LogP contribution in [0.3, 0.4) is 0 Å². The number of aromatic nitrogens is 4. The van der Waals surface area contributed by atoms with E-state index in [1.165, 1.54) is 10.9 Å². The van der Waals surface area contributed by atoms with Crippen LogP contribution in [0.4, 0.5) is 0 Å². The number of hydrogen-bond acceptors (Lipinski definition) is 4. The lowest BCUT2D eigenvalue weighted by atomic mass is 9.89. The van der Waals surface area contributed by atoms with E-state index in [1.807, 2.05) is 32.0 Å². The first kappa shape index (κ1) is 15.0. The molecule has 2 rings (SSSR count). The smallest absolute Gasteiger partial charge is 0.345 e. The molecule has 0 aliphatic rings. The zero-order valence-corrected chi connectivity index (χ0v) is 12.4. The van der Waals surface area contributed by atoms with E-state index in [4.69, 9.17) is 0 Å². The number of nitrogens with zero attached hydrogens (tertiary/aromatic N) is 4. The van der Waals surface area contributed by atoms with Gasteiger partial charge in [-0.15, -0.1) is 0 Å². The molecular weight excluding hydrogens is 270 g/mol. The van der Waals surface area contributed by atoms with Gasteiger partial charge in [0.1, 0.15) is 12.9 Å². The summed E-state index contributed by atoms with van der Waals surface area (Å²) in [5.41, 5.74) is 0.306. The monoisotopic (exact) mass is 289 g/mol. The average Bonchev–Trinajstić information content (AvgIpc) is 2.78. The van der Waals surface area contributed by atoms with E-state index in [1.54, 1.807) is 13.2 Å². The molecule has 2 aromatic rings. The van der Waals surface area contributed by atoms with Crippen LogP contribution in [-0.2, 0) is 23.8 Å². The minimum absolute atomic E-state index is 0.0853. The summed E-state index contributed by atoms with van der Waals surface area (Å²) in [6.45, 7) is 4.35. The molecule has 21 heavy (non-hydrogen) atoms. The van der Waals surface area contributed by atoms with Crippen LogP contribution in [0, 0.1) is 0 Å². The number of pyridine rings is 1. The summed E-state index contributed by atoms with van der Waals surface area (Å²) in [5.74, 6) is -0.250. The molecule has 0 saturated carbocycles. The van der Waals surface area contributed by atoms with Gasteiger partial charge in [-0.3, -0.25) is 14.3 Å². The molecule has 0 unspecified atom stereocenters. The second kappa shape index (κ2) is 5.90. The molecule has 1 amide bonds. The molecule has 0 fully saturated rings. The van der Waals surface area contributed by atoms with Crippen molar-refractivity contribution in [2.24, 2.45) is 7.05 Å². The second-order valence-corrected chi connectivity index (χ2v) is 5.56. The zero-order valence-electron chi connectivity index (χ0n) is 12.4. The van der Waals surface area contributed by atoms with Gasteiger partial charge in [0.15, 0.2) is 0 Å². The Bertz CT molecular complexity index is 672. The Balaban J connectivity index is 1.95. The SMILES string of the molecule is Cn1cnn(CC(=O)NCC(C)(C)c2ccccn2)c1=O. The van der Waals surface area contributed by atoms with Crippen LogP contribution in [0.2, 0.25) is 0 Å². The molecule has 2 aromatic heterocycles. The number of carbonyl (C=O) groups excluding carboxylic acids is 1. The van der Waals surface area contributed by atoms with E-state index in [0.717, 1.165) is 10.4 Å². The lowest BCUT2D eigenvalue weighted by Gasteiger charge is -2.24. The molecule has 0 radical (unpaired) electrons. The molecule has 0 atom stereocenters. The molecule has 0 aliphatic heterocycles. The van der Waals surface area contributed by atoms with Gasteiger partial charge in [-0.1, -0.05) is 19.9 Å². The fourth-order valence-corrected chi connectivity index (χ4v) is 1.89. The summed E-state index contributed by atoms with van der Waals surface area (Å²) >= 11 is 0. The topological polar surface area (TPSA) is 81.8 Å². The molecule has 0 aliphatic carbocycles. The lowest BCUT2D eigenvalue weighted by molar-refractivity contribution is -0.122. The van der Waals surface area contributed by atoms with E-state index in [0.29, 0.717) is 6.54 Å². The Morgan fingerprint density at radius 3 is 2.71 bits per heavy atom. The van der Waals surface area contributed by atoms with Crippen LogP contribution in [0.25, 0.3) is 0 Å². The minimum Gasteiger partial charge on any atom is -0.354 e. The van der Waals surface area contributed by atoms with Gasteiger partial charge in [0, 0.05) is 30.9 Å². The van der Waals surface area contributed by atoms with Crippen LogP contribution in [0.15, 0.2) is 35.5 Å². The summed E-state index contributed by atoms with van der Waals surface area (Å²) in [4.78, 5) is 27.8. The third-order valence-electron chi connectivity index (χ3n) is 3.27. The highest BCUT2D eigenvalue weighted by molar-refractivity contribution is 5.75. The zero-order chi connectivity index (χ0) is 15.5. The molecule has 0 saturated heterocycles.